The van der Waals surface area contributed by atoms with Crippen molar-refractivity contribution in [1.29, 1.82) is 0 Å². The first-order chi connectivity index (χ1) is 16.5. The van der Waals surface area contributed by atoms with Crippen LogP contribution in [0, 0.1) is 0 Å². The van der Waals surface area contributed by atoms with Crippen molar-refractivity contribution in [1.82, 2.24) is 4.90 Å². The number of likely N-dealkylation sites (N-methyl/N-ethyl adjacent to an activating group) is 1. The van der Waals surface area contributed by atoms with E-state index in [1.807, 2.05) is 20.8 Å². The number of thiophene rings is 1. The smallest absolute Gasteiger partial charge is 0.341 e. The molecule has 8 nitrogen and oxygen atoms in total. The lowest BCUT2D eigenvalue weighted by Crippen LogP contribution is -2.30. The molecule has 34 heavy (non-hydrogen) atoms. The lowest BCUT2D eigenvalue weighted by atomic mass is 10.0. The number of amides is 1. The fourth-order valence-corrected chi connectivity index (χ4v) is 5.20. The van der Waals surface area contributed by atoms with Crippen molar-refractivity contribution in [2.24, 2.45) is 0 Å². The topological polar surface area (TPSA) is 86.3 Å². The molecule has 0 saturated carbocycles. The van der Waals surface area contributed by atoms with Crippen LogP contribution in [0.2, 0.25) is 0 Å². The molecule has 186 valence electrons. The minimum atomic E-state index is -0.406. The van der Waals surface area contributed by atoms with Crippen molar-refractivity contribution in [3.63, 3.8) is 0 Å². The van der Waals surface area contributed by atoms with Crippen LogP contribution in [0.5, 0.6) is 17.2 Å². The van der Waals surface area contributed by atoms with Crippen molar-refractivity contribution in [3.8, 4) is 17.2 Å². The summed E-state index contributed by atoms with van der Waals surface area (Å²) in [5.41, 5.74) is 1.79. The molecule has 0 radical (unpaired) electrons. The molecular weight excluding hydrogens is 456 g/mol. The van der Waals surface area contributed by atoms with Crippen LogP contribution in [0.1, 0.15) is 65.8 Å². The largest absolute Gasteiger partial charge is 0.490 e. The number of hydrogen-bond donors (Lipinski definition) is 1. The molecule has 0 saturated heterocycles. The minimum Gasteiger partial charge on any atom is -0.490 e. The predicted octanol–water partition coefficient (Wildman–Crippen LogP) is 4.75. The van der Waals surface area contributed by atoms with Crippen molar-refractivity contribution in [3.05, 3.63) is 33.7 Å². The zero-order chi connectivity index (χ0) is 24.7. The Kier molecular flexibility index (Phi) is 9.18. The lowest BCUT2D eigenvalue weighted by molar-refractivity contribution is 0.0526. The normalized spacial score (nSPS) is 13.2. The highest BCUT2D eigenvalue weighted by atomic mass is 32.1. The van der Waals surface area contributed by atoms with Crippen LogP contribution < -0.4 is 19.5 Å². The van der Waals surface area contributed by atoms with Gasteiger partial charge < -0.3 is 24.3 Å². The quantitative estimate of drug-likeness (QED) is 0.455. The summed E-state index contributed by atoms with van der Waals surface area (Å²) in [6, 6.07) is 3.28. The average molecular weight is 491 g/mol. The van der Waals surface area contributed by atoms with Gasteiger partial charge in [-0.15, -0.1) is 11.3 Å². The number of hydrogen-bond acceptors (Lipinski definition) is 8. The number of benzene rings is 1. The van der Waals surface area contributed by atoms with Crippen LogP contribution in [0.15, 0.2) is 12.1 Å². The summed E-state index contributed by atoms with van der Waals surface area (Å²) in [6.07, 6.45) is 0.746. The van der Waals surface area contributed by atoms with E-state index in [9.17, 15) is 9.59 Å². The Hall–Kier alpha value is -2.78. The van der Waals surface area contributed by atoms with Crippen LogP contribution >= 0.6 is 11.3 Å². The third-order valence-corrected chi connectivity index (χ3v) is 6.59. The van der Waals surface area contributed by atoms with Gasteiger partial charge in [-0.05, 0) is 58.4 Å². The van der Waals surface area contributed by atoms with Crippen LogP contribution in [0.3, 0.4) is 0 Å². The number of fused-ring (bicyclic) bond motifs is 1. The number of carbonyl (C=O) groups excluding carboxylic acids is 2. The van der Waals surface area contributed by atoms with E-state index in [1.165, 1.54) is 11.3 Å². The van der Waals surface area contributed by atoms with Gasteiger partial charge in [-0.3, -0.25) is 9.69 Å². The minimum absolute atomic E-state index is 0.270. The van der Waals surface area contributed by atoms with E-state index in [-0.39, 0.29) is 12.5 Å². The molecule has 3 rings (SSSR count). The zero-order valence-corrected chi connectivity index (χ0v) is 21.4. The molecule has 0 unspecified atom stereocenters. The van der Waals surface area contributed by atoms with Gasteiger partial charge in [0.15, 0.2) is 11.5 Å². The molecule has 1 aromatic heterocycles. The first-order valence-corrected chi connectivity index (χ1v) is 12.7. The molecule has 1 aliphatic heterocycles. The fourth-order valence-electron chi connectivity index (χ4n) is 3.93. The maximum Gasteiger partial charge on any atom is 0.341 e. The first-order valence-electron chi connectivity index (χ1n) is 11.9. The monoisotopic (exact) mass is 490 g/mol. The van der Waals surface area contributed by atoms with Crippen LogP contribution in [0.25, 0.3) is 0 Å². The highest BCUT2D eigenvalue weighted by molar-refractivity contribution is 7.17. The summed E-state index contributed by atoms with van der Waals surface area (Å²) in [6.45, 7) is 13.6. The molecule has 2 aromatic rings. The van der Waals surface area contributed by atoms with Gasteiger partial charge in [0.1, 0.15) is 5.00 Å². The second-order valence-electron chi connectivity index (χ2n) is 7.60. The van der Waals surface area contributed by atoms with E-state index < -0.39 is 5.97 Å². The van der Waals surface area contributed by atoms with Crippen LogP contribution in [-0.2, 0) is 17.7 Å². The molecule has 0 spiro atoms. The van der Waals surface area contributed by atoms with Gasteiger partial charge in [-0.2, -0.15) is 0 Å². The summed E-state index contributed by atoms with van der Waals surface area (Å²) in [7, 11) is 0. The number of nitrogens with zero attached hydrogens (tertiary/aromatic N) is 1. The maximum atomic E-state index is 13.3. The van der Waals surface area contributed by atoms with Gasteiger partial charge in [0.2, 0.25) is 5.75 Å². The molecule has 0 bridgehead atoms. The summed E-state index contributed by atoms with van der Waals surface area (Å²) in [5, 5.41) is 3.47. The predicted molar refractivity (Wildman–Crippen MR) is 133 cm³/mol. The number of carbonyl (C=O) groups is 2. The third kappa shape index (κ3) is 5.64. The summed E-state index contributed by atoms with van der Waals surface area (Å²) < 4.78 is 22.5. The molecule has 0 aliphatic carbocycles. The Labute approximate surface area is 205 Å². The fraction of sp³-hybridized carbons (Fsp3) is 0.520. The van der Waals surface area contributed by atoms with E-state index in [1.54, 1.807) is 19.1 Å². The van der Waals surface area contributed by atoms with E-state index in [0.717, 1.165) is 36.5 Å². The SMILES string of the molecule is CCOC(=O)c1c(NC(=O)c2cc(OCC)c(OCC)c(OCC)c2)sc2c1CCN(CC)C2. The number of rotatable bonds is 11. The Bertz CT molecular complexity index is 992. The molecule has 2 heterocycles. The molecule has 1 aliphatic rings. The maximum absolute atomic E-state index is 13.3. The highest BCUT2D eigenvalue weighted by Gasteiger charge is 2.29. The molecular formula is C25H34N2O6S. The molecule has 1 N–H and O–H groups in total. The van der Waals surface area contributed by atoms with E-state index in [0.29, 0.717) is 53.2 Å². The first kappa shape index (κ1) is 25.8. The Balaban J connectivity index is 1.99. The molecule has 1 aromatic carbocycles. The number of ether oxygens (including phenoxy) is 4. The zero-order valence-electron chi connectivity index (χ0n) is 20.6. The van der Waals surface area contributed by atoms with Crippen molar-refractivity contribution >= 4 is 28.2 Å². The third-order valence-electron chi connectivity index (χ3n) is 5.46. The van der Waals surface area contributed by atoms with Crippen LogP contribution in [-0.4, -0.2) is 56.3 Å². The van der Waals surface area contributed by atoms with Crippen molar-refractivity contribution in [2.75, 3.05) is 44.8 Å². The van der Waals surface area contributed by atoms with Crippen molar-refractivity contribution < 1.29 is 28.5 Å². The molecule has 0 fully saturated rings. The van der Waals surface area contributed by atoms with Gasteiger partial charge >= 0.3 is 5.97 Å². The van der Waals surface area contributed by atoms with Crippen molar-refractivity contribution in [2.45, 2.75) is 47.6 Å². The summed E-state index contributed by atoms with van der Waals surface area (Å²) in [5.74, 6) is 0.588. The summed E-state index contributed by atoms with van der Waals surface area (Å²) >= 11 is 1.44. The van der Waals surface area contributed by atoms with E-state index in [2.05, 4.69) is 17.1 Å². The van der Waals surface area contributed by atoms with E-state index in [4.69, 9.17) is 18.9 Å². The highest BCUT2D eigenvalue weighted by Crippen LogP contribution is 2.41. The molecule has 1 amide bonds. The number of esters is 1. The lowest BCUT2D eigenvalue weighted by Gasteiger charge is -2.25. The Morgan fingerprint density at radius 3 is 2.18 bits per heavy atom. The van der Waals surface area contributed by atoms with Gasteiger partial charge in [-0.1, -0.05) is 6.92 Å². The second kappa shape index (κ2) is 12.1. The van der Waals surface area contributed by atoms with Crippen LogP contribution in [0.4, 0.5) is 5.00 Å². The molecule has 0 atom stereocenters. The van der Waals surface area contributed by atoms with Gasteiger partial charge in [0.25, 0.3) is 5.91 Å². The number of nitrogens with one attached hydrogen (secondary N) is 1. The standard InChI is InChI=1S/C25H34N2O6S/c1-6-27-12-11-17-20(15-27)34-24(21(17)25(29)33-10-5)26-23(28)16-13-18(30-7-2)22(32-9-4)19(14-16)31-8-3/h13-14H,6-12,15H2,1-5H3,(H,26,28). The summed E-state index contributed by atoms with van der Waals surface area (Å²) in [4.78, 5) is 29.6. The van der Waals surface area contributed by atoms with Gasteiger partial charge in [-0.25, -0.2) is 4.79 Å². The Morgan fingerprint density at radius 1 is 0.971 bits per heavy atom. The Morgan fingerprint density at radius 2 is 1.62 bits per heavy atom. The molecule has 9 heteroatoms. The van der Waals surface area contributed by atoms with E-state index >= 15 is 0 Å². The number of anilines is 1. The van der Waals surface area contributed by atoms with Gasteiger partial charge in [0, 0.05) is 23.5 Å². The second-order valence-corrected chi connectivity index (χ2v) is 8.71. The van der Waals surface area contributed by atoms with Gasteiger partial charge in [0.05, 0.1) is 32.0 Å². The average Bonchev–Trinajstić information content (AvgIpc) is 3.18.